The van der Waals surface area contributed by atoms with Crippen LogP contribution >= 0.6 is 0 Å². The largest absolute Gasteiger partial charge is 0.463 e. The van der Waals surface area contributed by atoms with Gasteiger partial charge in [-0.15, -0.1) is 0 Å². The van der Waals surface area contributed by atoms with E-state index in [0.29, 0.717) is 29.6 Å². The zero-order valence-corrected chi connectivity index (χ0v) is 22.1. The first-order chi connectivity index (χ1) is 15.4. The van der Waals surface area contributed by atoms with Crippen LogP contribution in [0.15, 0.2) is 0 Å². The molecule has 0 saturated heterocycles. The van der Waals surface area contributed by atoms with Gasteiger partial charge in [0.1, 0.15) is 6.10 Å². The van der Waals surface area contributed by atoms with Gasteiger partial charge < -0.3 is 14.9 Å². The molecule has 0 aromatic rings. The van der Waals surface area contributed by atoms with E-state index in [-0.39, 0.29) is 23.4 Å². The van der Waals surface area contributed by atoms with Crippen molar-refractivity contribution in [1.29, 1.82) is 0 Å². The molecular formula is C29H50O4. The number of carbonyl (C=O) groups is 1. The molecule has 0 aliphatic heterocycles. The fourth-order valence-corrected chi connectivity index (χ4v) is 9.54. The number of rotatable bonds is 6. The number of fused-ring (bicyclic) bond motifs is 5. The summed E-state index contributed by atoms with van der Waals surface area (Å²) in [6.07, 6.45) is 11.6. The van der Waals surface area contributed by atoms with Gasteiger partial charge in [-0.2, -0.15) is 0 Å². The van der Waals surface area contributed by atoms with E-state index in [2.05, 4.69) is 27.7 Å². The minimum Gasteiger partial charge on any atom is -0.463 e. The van der Waals surface area contributed by atoms with Gasteiger partial charge in [0.2, 0.25) is 0 Å². The number of carbonyl (C=O) groups excluding carboxylic acids is 1. The molecule has 33 heavy (non-hydrogen) atoms. The SMILES string of the molecule is CC(=O)O[C@H]1CC[C@@]2(C)[C@@H](CC[C@@H]3[C@@H]2CC[C@]2(C)[C@@H]([C@](C)(O)[C@@H](O)CCC(C)C)CC[C@@H]32)C1. The maximum atomic E-state index is 11.6. The lowest BCUT2D eigenvalue weighted by molar-refractivity contribution is -0.173. The summed E-state index contributed by atoms with van der Waals surface area (Å²) < 4.78 is 5.62. The molecule has 0 radical (unpaired) electrons. The Balaban J connectivity index is 1.49. The lowest BCUT2D eigenvalue weighted by atomic mass is 9.44. The van der Waals surface area contributed by atoms with Gasteiger partial charge >= 0.3 is 5.97 Å². The first kappa shape index (κ1) is 25.5. The summed E-state index contributed by atoms with van der Waals surface area (Å²) in [4.78, 5) is 11.5. The van der Waals surface area contributed by atoms with Crippen LogP contribution in [0.5, 0.6) is 0 Å². The number of aliphatic hydroxyl groups is 2. The van der Waals surface area contributed by atoms with Crippen molar-refractivity contribution in [2.24, 2.45) is 46.3 Å². The Morgan fingerprint density at radius 2 is 1.67 bits per heavy atom. The topological polar surface area (TPSA) is 66.8 Å². The van der Waals surface area contributed by atoms with Crippen LogP contribution in [0.4, 0.5) is 0 Å². The van der Waals surface area contributed by atoms with E-state index in [1.165, 1.54) is 45.4 Å². The highest BCUT2D eigenvalue weighted by Crippen LogP contribution is 2.68. The molecule has 4 aliphatic rings. The molecule has 0 amide bonds. The molecule has 2 N–H and O–H groups in total. The van der Waals surface area contributed by atoms with Crippen molar-refractivity contribution in [3.63, 3.8) is 0 Å². The van der Waals surface area contributed by atoms with E-state index in [1.54, 1.807) is 0 Å². The molecule has 4 rings (SSSR count). The van der Waals surface area contributed by atoms with E-state index >= 15 is 0 Å². The van der Waals surface area contributed by atoms with Crippen LogP contribution in [0.3, 0.4) is 0 Å². The van der Waals surface area contributed by atoms with Gasteiger partial charge in [0.25, 0.3) is 0 Å². The van der Waals surface area contributed by atoms with Crippen molar-refractivity contribution in [2.75, 3.05) is 0 Å². The van der Waals surface area contributed by atoms with Crippen molar-refractivity contribution in [3.05, 3.63) is 0 Å². The van der Waals surface area contributed by atoms with Crippen LogP contribution in [-0.4, -0.2) is 34.0 Å². The van der Waals surface area contributed by atoms with Crippen LogP contribution < -0.4 is 0 Å². The maximum absolute atomic E-state index is 11.6. The summed E-state index contributed by atoms with van der Waals surface area (Å²) in [6.45, 7) is 12.8. The molecule has 4 fully saturated rings. The summed E-state index contributed by atoms with van der Waals surface area (Å²) in [5.74, 6) is 3.41. The Kier molecular flexibility index (Phi) is 7.04. The smallest absolute Gasteiger partial charge is 0.302 e. The maximum Gasteiger partial charge on any atom is 0.302 e. The van der Waals surface area contributed by atoms with Crippen molar-refractivity contribution in [1.82, 2.24) is 0 Å². The molecular weight excluding hydrogens is 412 g/mol. The molecule has 4 heteroatoms. The molecule has 4 saturated carbocycles. The molecule has 10 atom stereocenters. The van der Waals surface area contributed by atoms with Gasteiger partial charge in [-0.3, -0.25) is 4.79 Å². The third-order valence-electron chi connectivity index (χ3n) is 11.3. The second-order valence-electron chi connectivity index (χ2n) is 13.5. The molecule has 190 valence electrons. The lowest BCUT2D eigenvalue weighted by Crippen LogP contribution is -2.57. The molecule has 4 nitrogen and oxygen atoms in total. The third-order valence-corrected chi connectivity index (χ3v) is 11.3. The average Bonchev–Trinajstić information content (AvgIpc) is 3.09. The average molecular weight is 463 g/mol. The van der Waals surface area contributed by atoms with E-state index in [4.69, 9.17) is 4.74 Å². The molecule has 4 aliphatic carbocycles. The van der Waals surface area contributed by atoms with E-state index in [9.17, 15) is 15.0 Å². The van der Waals surface area contributed by atoms with E-state index in [1.807, 2.05) is 6.92 Å². The highest BCUT2D eigenvalue weighted by molar-refractivity contribution is 5.66. The predicted octanol–water partition coefficient (Wildman–Crippen LogP) is 6.13. The van der Waals surface area contributed by atoms with Crippen LogP contribution in [0, 0.1) is 46.3 Å². The van der Waals surface area contributed by atoms with Crippen LogP contribution in [-0.2, 0) is 9.53 Å². The van der Waals surface area contributed by atoms with Gasteiger partial charge in [-0.05, 0) is 124 Å². The molecule has 0 spiro atoms. The monoisotopic (exact) mass is 462 g/mol. The van der Waals surface area contributed by atoms with Crippen molar-refractivity contribution >= 4 is 5.97 Å². The Morgan fingerprint density at radius 3 is 2.33 bits per heavy atom. The Morgan fingerprint density at radius 1 is 1.00 bits per heavy atom. The molecule has 0 aromatic heterocycles. The Labute approximate surface area is 202 Å². The van der Waals surface area contributed by atoms with E-state index in [0.717, 1.165) is 37.5 Å². The molecule has 0 bridgehead atoms. The fourth-order valence-electron chi connectivity index (χ4n) is 9.54. The zero-order chi connectivity index (χ0) is 24.2. The highest BCUT2D eigenvalue weighted by atomic mass is 16.5. The number of esters is 1. The second-order valence-corrected chi connectivity index (χ2v) is 13.5. The highest BCUT2D eigenvalue weighted by Gasteiger charge is 2.63. The van der Waals surface area contributed by atoms with Gasteiger partial charge in [0.15, 0.2) is 0 Å². The van der Waals surface area contributed by atoms with Crippen LogP contribution in [0.2, 0.25) is 0 Å². The third kappa shape index (κ3) is 4.41. The number of aliphatic hydroxyl groups excluding tert-OH is 1. The van der Waals surface area contributed by atoms with E-state index < -0.39 is 11.7 Å². The number of hydrogen-bond acceptors (Lipinski definition) is 4. The fraction of sp³-hybridized carbons (Fsp3) is 0.966. The zero-order valence-electron chi connectivity index (χ0n) is 22.1. The standard InChI is InChI=1S/C29H50O4/c1-18(2)7-12-26(31)29(6,32)25-11-10-23-22-9-8-20-17-21(33-19(3)30)13-15-27(20,4)24(22)14-16-28(23,25)5/h18,20-26,31-32H,7-17H2,1-6H3/t20-,21-,22-,23-,24-,25-,26-,27-,28-,29-/m0/s1. The summed E-state index contributed by atoms with van der Waals surface area (Å²) in [7, 11) is 0. The Bertz CT molecular complexity index is 716. The second kappa shape index (κ2) is 9.12. The summed E-state index contributed by atoms with van der Waals surface area (Å²) in [5.41, 5.74) is -0.520. The van der Waals surface area contributed by atoms with Gasteiger partial charge in [-0.25, -0.2) is 0 Å². The minimum absolute atomic E-state index is 0.115. The number of ether oxygens (including phenoxy) is 1. The summed E-state index contributed by atoms with van der Waals surface area (Å²) in [6, 6.07) is 0. The Hall–Kier alpha value is -0.610. The van der Waals surface area contributed by atoms with Crippen molar-refractivity contribution in [2.45, 2.75) is 130 Å². The molecule has 0 heterocycles. The molecule has 0 unspecified atom stereocenters. The number of hydrogen-bond donors (Lipinski definition) is 2. The van der Waals surface area contributed by atoms with Crippen molar-refractivity contribution < 1.29 is 19.7 Å². The minimum atomic E-state index is -1.01. The predicted molar refractivity (Wildman–Crippen MR) is 131 cm³/mol. The normalized spacial score (nSPS) is 45.5. The van der Waals surface area contributed by atoms with Gasteiger partial charge in [0.05, 0.1) is 11.7 Å². The lowest BCUT2D eigenvalue weighted by Gasteiger charge is -2.61. The van der Waals surface area contributed by atoms with Gasteiger partial charge in [-0.1, -0.05) is 27.7 Å². The first-order valence-electron chi connectivity index (χ1n) is 14.0. The molecule has 0 aromatic carbocycles. The van der Waals surface area contributed by atoms with Gasteiger partial charge in [0, 0.05) is 6.92 Å². The summed E-state index contributed by atoms with van der Waals surface area (Å²) >= 11 is 0. The summed E-state index contributed by atoms with van der Waals surface area (Å²) in [5, 5.41) is 22.7. The quantitative estimate of drug-likeness (QED) is 0.466. The van der Waals surface area contributed by atoms with Crippen LogP contribution in [0.25, 0.3) is 0 Å². The van der Waals surface area contributed by atoms with Crippen LogP contribution in [0.1, 0.15) is 112 Å². The van der Waals surface area contributed by atoms with Crippen molar-refractivity contribution in [3.8, 4) is 0 Å². The first-order valence-corrected chi connectivity index (χ1v) is 14.0.